The summed E-state index contributed by atoms with van der Waals surface area (Å²) in [5.41, 5.74) is 4.84. The predicted molar refractivity (Wildman–Crippen MR) is 84.7 cm³/mol. The second-order valence-electron chi connectivity index (χ2n) is 6.38. The molecule has 0 aromatic carbocycles. The van der Waals surface area contributed by atoms with Crippen molar-refractivity contribution in [2.24, 2.45) is 5.73 Å². The summed E-state index contributed by atoms with van der Waals surface area (Å²) in [6, 6.07) is 0.455. The van der Waals surface area contributed by atoms with Gasteiger partial charge < -0.3 is 21.3 Å². The molecule has 6 nitrogen and oxygen atoms in total. The molecule has 0 heterocycles. The summed E-state index contributed by atoms with van der Waals surface area (Å²) in [5.74, 6) is -2.50. The molecule has 1 atom stereocenters. The molecule has 2 aliphatic rings. The summed E-state index contributed by atoms with van der Waals surface area (Å²) < 4.78 is 0. The Bertz CT molecular complexity index is 321. The van der Waals surface area contributed by atoms with Gasteiger partial charge in [0.25, 0.3) is 0 Å². The van der Waals surface area contributed by atoms with Crippen LogP contribution in [0.4, 0.5) is 0 Å². The molecule has 2 saturated carbocycles. The van der Waals surface area contributed by atoms with Crippen molar-refractivity contribution in [3.8, 4) is 0 Å². The molecule has 0 aromatic heterocycles. The highest BCUT2D eigenvalue weighted by Gasteiger charge is 2.19. The molecule has 22 heavy (non-hydrogen) atoms. The molecule has 0 spiro atoms. The van der Waals surface area contributed by atoms with E-state index in [1.807, 2.05) is 0 Å². The van der Waals surface area contributed by atoms with Gasteiger partial charge >= 0.3 is 11.9 Å². The summed E-state index contributed by atoms with van der Waals surface area (Å²) in [7, 11) is 0. The van der Waals surface area contributed by atoms with Crippen LogP contribution in [-0.4, -0.2) is 40.3 Å². The Labute approximate surface area is 132 Å². The lowest BCUT2D eigenvalue weighted by Crippen LogP contribution is -2.40. The van der Waals surface area contributed by atoms with E-state index >= 15 is 0 Å². The first-order valence-electron chi connectivity index (χ1n) is 8.45. The molecule has 2 fully saturated rings. The Hall–Kier alpha value is -1.14. The average Bonchev–Trinajstić information content (AvgIpc) is 2.49. The molecule has 2 aliphatic carbocycles. The van der Waals surface area contributed by atoms with Gasteiger partial charge in [-0.25, -0.2) is 0 Å². The fourth-order valence-electron chi connectivity index (χ4n) is 3.15. The van der Waals surface area contributed by atoms with Gasteiger partial charge in [-0.1, -0.05) is 38.5 Å². The van der Waals surface area contributed by atoms with Gasteiger partial charge in [-0.2, -0.15) is 0 Å². The van der Waals surface area contributed by atoms with Gasteiger partial charge in [0.15, 0.2) is 0 Å². The van der Waals surface area contributed by atoms with Crippen molar-refractivity contribution in [3.63, 3.8) is 0 Å². The standard InChI is InChI=1S/C12H23N.C4H7NO4/c1-3-7-11(8-4-1)13-12-9-5-2-6-10-12;5-2(4(8)9)1-3(6)7/h11-13H,1-10H2;2H,1,5H2,(H,6,7)(H,8,9). The first-order chi connectivity index (χ1) is 10.5. The van der Waals surface area contributed by atoms with Crippen molar-refractivity contribution >= 4 is 11.9 Å². The van der Waals surface area contributed by atoms with Crippen molar-refractivity contribution in [3.05, 3.63) is 0 Å². The first-order valence-corrected chi connectivity index (χ1v) is 8.45. The zero-order chi connectivity index (χ0) is 16.4. The molecular formula is C16H30N2O4. The molecule has 0 aliphatic heterocycles. The number of carboxylic acid groups (broad SMARTS) is 2. The molecule has 0 radical (unpaired) electrons. The van der Waals surface area contributed by atoms with Crippen LogP contribution < -0.4 is 11.1 Å². The van der Waals surface area contributed by atoms with E-state index in [1.54, 1.807) is 0 Å². The smallest absolute Gasteiger partial charge is 0.321 e. The lowest BCUT2D eigenvalue weighted by Gasteiger charge is -2.30. The van der Waals surface area contributed by atoms with Crippen molar-refractivity contribution < 1.29 is 19.8 Å². The minimum Gasteiger partial charge on any atom is -0.481 e. The molecule has 0 amide bonds. The number of aliphatic carboxylic acids is 2. The lowest BCUT2D eigenvalue weighted by atomic mass is 9.91. The monoisotopic (exact) mass is 314 g/mol. The van der Waals surface area contributed by atoms with Gasteiger partial charge in [0, 0.05) is 12.1 Å². The molecule has 6 heteroatoms. The highest BCUT2D eigenvalue weighted by Crippen LogP contribution is 2.22. The van der Waals surface area contributed by atoms with E-state index in [-0.39, 0.29) is 0 Å². The Morgan fingerprint density at radius 1 is 0.909 bits per heavy atom. The van der Waals surface area contributed by atoms with E-state index in [1.165, 1.54) is 64.2 Å². The first kappa shape index (κ1) is 18.9. The zero-order valence-corrected chi connectivity index (χ0v) is 13.3. The highest BCUT2D eigenvalue weighted by atomic mass is 16.4. The number of carbonyl (C=O) groups is 2. The SMILES string of the molecule is C1CCC(NC2CCCCC2)CC1.NC(CC(=O)O)C(=O)O. The van der Waals surface area contributed by atoms with Gasteiger partial charge in [0.1, 0.15) is 6.04 Å². The lowest BCUT2D eigenvalue weighted by molar-refractivity contribution is -0.144. The number of nitrogens with one attached hydrogen (secondary N) is 1. The van der Waals surface area contributed by atoms with E-state index in [9.17, 15) is 9.59 Å². The van der Waals surface area contributed by atoms with E-state index < -0.39 is 24.4 Å². The fraction of sp³-hybridized carbons (Fsp3) is 0.875. The molecule has 5 N–H and O–H groups in total. The van der Waals surface area contributed by atoms with Crippen LogP contribution in [0.25, 0.3) is 0 Å². The normalized spacial score (nSPS) is 21.5. The third-order valence-corrected chi connectivity index (χ3v) is 4.39. The summed E-state index contributed by atoms with van der Waals surface area (Å²) in [4.78, 5) is 19.6. The van der Waals surface area contributed by atoms with Crippen LogP contribution in [0, 0.1) is 0 Å². The number of rotatable bonds is 5. The van der Waals surface area contributed by atoms with Crippen LogP contribution in [0.1, 0.15) is 70.6 Å². The largest absolute Gasteiger partial charge is 0.481 e. The second kappa shape index (κ2) is 10.6. The predicted octanol–water partition coefficient (Wildman–Crippen LogP) is 2.11. The number of carboxylic acids is 2. The van der Waals surface area contributed by atoms with Gasteiger partial charge in [-0.05, 0) is 25.7 Å². The quantitative estimate of drug-likeness (QED) is 0.618. The molecule has 1 unspecified atom stereocenters. The van der Waals surface area contributed by atoms with E-state index in [0.717, 1.165) is 12.1 Å². The highest BCUT2D eigenvalue weighted by molar-refractivity contribution is 5.80. The van der Waals surface area contributed by atoms with E-state index in [4.69, 9.17) is 15.9 Å². The number of hydrogen-bond acceptors (Lipinski definition) is 4. The molecule has 0 aromatic rings. The fourth-order valence-corrected chi connectivity index (χ4v) is 3.15. The van der Waals surface area contributed by atoms with E-state index in [0.29, 0.717) is 0 Å². The summed E-state index contributed by atoms with van der Waals surface area (Å²) in [6.45, 7) is 0. The number of hydrogen-bond donors (Lipinski definition) is 4. The minimum atomic E-state index is -1.29. The molecule has 0 bridgehead atoms. The Morgan fingerprint density at radius 3 is 1.59 bits per heavy atom. The van der Waals surface area contributed by atoms with Crippen molar-refractivity contribution in [1.82, 2.24) is 5.32 Å². The average molecular weight is 314 g/mol. The maximum absolute atomic E-state index is 9.85. The molecule has 128 valence electrons. The third kappa shape index (κ3) is 8.34. The Balaban J connectivity index is 0.000000239. The maximum atomic E-state index is 9.85. The maximum Gasteiger partial charge on any atom is 0.321 e. The summed E-state index contributed by atoms with van der Waals surface area (Å²) >= 11 is 0. The van der Waals surface area contributed by atoms with Gasteiger partial charge in [0.05, 0.1) is 6.42 Å². The van der Waals surface area contributed by atoms with Crippen LogP contribution in [0.3, 0.4) is 0 Å². The van der Waals surface area contributed by atoms with Crippen molar-refractivity contribution in [2.75, 3.05) is 0 Å². The van der Waals surface area contributed by atoms with Crippen LogP contribution in [-0.2, 0) is 9.59 Å². The Kier molecular flexibility index (Phi) is 9.08. The summed E-state index contributed by atoms with van der Waals surface area (Å²) in [5, 5.41) is 19.9. The van der Waals surface area contributed by atoms with Crippen LogP contribution in [0.5, 0.6) is 0 Å². The summed E-state index contributed by atoms with van der Waals surface area (Å²) in [6.07, 6.45) is 14.0. The second-order valence-corrected chi connectivity index (χ2v) is 6.38. The van der Waals surface area contributed by atoms with Gasteiger partial charge in [-0.15, -0.1) is 0 Å². The van der Waals surface area contributed by atoms with Crippen LogP contribution >= 0.6 is 0 Å². The van der Waals surface area contributed by atoms with Crippen LogP contribution in [0.15, 0.2) is 0 Å². The van der Waals surface area contributed by atoms with Crippen molar-refractivity contribution in [2.45, 2.75) is 88.8 Å². The third-order valence-electron chi connectivity index (χ3n) is 4.39. The molecule has 0 saturated heterocycles. The molecular weight excluding hydrogens is 284 g/mol. The van der Waals surface area contributed by atoms with E-state index in [2.05, 4.69) is 5.32 Å². The number of nitrogens with two attached hydrogens (primary N) is 1. The zero-order valence-electron chi connectivity index (χ0n) is 13.3. The van der Waals surface area contributed by atoms with Gasteiger partial charge in [0.2, 0.25) is 0 Å². The van der Waals surface area contributed by atoms with Gasteiger partial charge in [-0.3, -0.25) is 9.59 Å². The van der Waals surface area contributed by atoms with Crippen LogP contribution in [0.2, 0.25) is 0 Å². The topological polar surface area (TPSA) is 113 Å². The minimum absolute atomic E-state index is 0.532. The molecule has 2 rings (SSSR count). The Morgan fingerprint density at radius 2 is 1.32 bits per heavy atom. The van der Waals surface area contributed by atoms with Crippen molar-refractivity contribution in [1.29, 1.82) is 0 Å².